The van der Waals surface area contributed by atoms with E-state index in [0.29, 0.717) is 38.3 Å². The van der Waals surface area contributed by atoms with Gasteiger partial charge in [0.15, 0.2) is 0 Å². The minimum absolute atomic E-state index is 0.147. The molecule has 2 aliphatic rings. The van der Waals surface area contributed by atoms with Gasteiger partial charge in [-0.05, 0) is 31.0 Å². The fraction of sp³-hybridized carbons (Fsp3) is 0.357. The highest BCUT2D eigenvalue weighted by molar-refractivity contribution is 8.26. The second kappa shape index (κ2) is 11.8. The Balaban J connectivity index is 1.51. The molecular weight excluding hydrogens is 490 g/mol. The molecule has 188 valence electrons. The Hall–Kier alpha value is -2.97. The zero-order valence-corrected chi connectivity index (χ0v) is 22.3. The molecule has 8 heteroatoms. The molecule has 0 saturated carbocycles. The molecule has 0 atom stereocenters. The molecule has 0 aromatic heterocycles. The molecule has 1 saturated heterocycles. The lowest BCUT2D eigenvalue weighted by Gasteiger charge is -2.17. The molecule has 3 amide bonds. The number of carbonyl (C=O) groups excluding carboxylic acids is 3. The number of thioether (sulfide) groups is 1. The molecule has 0 radical (unpaired) electrons. The lowest BCUT2D eigenvalue weighted by Crippen LogP contribution is -2.35. The number of hydrogen-bond donors (Lipinski definition) is 1. The number of carbonyl (C=O) groups is 3. The van der Waals surface area contributed by atoms with Gasteiger partial charge in [-0.2, -0.15) is 0 Å². The van der Waals surface area contributed by atoms with Crippen molar-refractivity contribution in [2.45, 2.75) is 52.4 Å². The van der Waals surface area contributed by atoms with Crippen molar-refractivity contribution in [3.05, 3.63) is 64.6 Å². The number of rotatable bonds is 10. The van der Waals surface area contributed by atoms with Crippen LogP contribution < -0.4 is 10.2 Å². The largest absolute Gasteiger partial charge is 0.324 e. The van der Waals surface area contributed by atoms with Crippen molar-refractivity contribution in [3.63, 3.8) is 0 Å². The van der Waals surface area contributed by atoms with Gasteiger partial charge in [-0.25, -0.2) is 0 Å². The fourth-order valence-electron chi connectivity index (χ4n) is 4.50. The average molecular weight is 522 g/mol. The monoisotopic (exact) mass is 521 g/mol. The van der Waals surface area contributed by atoms with Crippen LogP contribution in [0.25, 0.3) is 5.57 Å². The minimum atomic E-state index is -0.351. The molecule has 2 heterocycles. The van der Waals surface area contributed by atoms with E-state index in [2.05, 4.69) is 12.2 Å². The number of benzene rings is 2. The van der Waals surface area contributed by atoms with Gasteiger partial charge in [0.25, 0.3) is 11.8 Å². The molecular formula is C28H31N3O3S2. The van der Waals surface area contributed by atoms with Gasteiger partial charge in [-0.3, -0.25) is 24.2 Å². The van der Waals surface area contributed by atoms with Crippen LogP contribution in [-0.4, -0.2) is 40.0 Å². The van der Waals surface area contributed by atoms with Crippen LogP contribution >= 0.6 is 24.0 Å². The molecule has 0 bridgehead atoms. The van der Waals surface area contributed by atoms with E-state index in [-0.39, 0.29) is 24.3 Å². The van der Waals surface area contributed by atoms with E-state index in [4.69, 9.17) is 12.2 Å². The van der Waals surface area contributed by atoms with Crippen molar-refractivity contribution in [3.8, 4) is 0 Å². The van der Waals surface area contributed by atoms with Crippen molar-refractivity contribution >= 4 is 63.0 Å². The molecule has 0 unspecified atom stereocenters. The van der Waals surface area contributed by atoms with Gasteiger partial charge in [0, 0.05) is 17.8 Å². The Morgan fingerprint density at radius 2 is 1.61 bits per heavy atom. The first-order valence-electron chi connectivity index (χ1n) is 12.5. The van der Waals surface area contributed by atoms with Gasteiger partial charge in [0.2, 0.25) is 5.91 Å². The lowest BCUT2D eigenvalue weighted by molar-refractivity contribution is -0.122. The fourth-order valence-corrected chi connectivity index (χ4v) is 5.88. The summed E-state index contributed by atoms with van der Waals surface area (Å²) in [5, 5.41) is 2.89. The minimum Gasteiger partial charge on any atom is -0.324 e. The van der Waals surface area contributed by atoms with E-state index in [0.717, 1.165) is 24.8 Å². The molecule has 0 spiro atoms. The number of para-hydroxylation sites is 2. The summed E-state index contributed by atoms with van der Waals surface area (Å²) >= 11 is 6.70. The van der Waals surface area contributed by atoms with Gasteiger partial charge in [-0.1, -0.05) is 99.4 Å². The van der Waals surface area contributed by atoms with Crippen LogP contribution in [0.2, 0.25) is 0 Å². The number of unbranched alkanes of at least 4 members (excludes halogenated alkanes) is 5. The normalized spacial score (nSPS) is 17.2. The topological polar surface area (TPSA) is 69.7 Å². The first-order chi connectivity index (χ1) is 17.4. The Bertz CT molecular complexity index is 1220. The maximum Gasteiger partial charge on any atom is 0.267 e. The number of fused-ring (bicyclic) bond motifs is 1. The summed E-state index contributed by atoms with van der Waals surface area (Å²) < 4.78 is 0.483. The summed E-state index contributed by atoms with van der Waals surface area (Å²) in [6.45, 7) is 4.52. The molecule has 4 rings (SSSR count). The summed E-state index contributed by atoms with van der Waals surface area (Å²) in [7, 11) is 0. The molecule has 2 aromatic rings. The molecule has 36 heavy (non-hydrogen) atoms. The molecule has 2 aliphatic heterocycles. The highest BCUT2D eigenvalue weighted by Crippen LogP contribution is 2.44. The van der Waals surface area contributed by atoms with Crippen molar-refractivity contribution < 1.29 is 14.4 Å². The second-order valence-electron chi connectivity index (χ2n) is 9.07. The van der Waals surface area contributed by atoms with Crippen LogP contribution in [0.1, 0.15) is 56.6 Å². The summed E-state index contributed by atoms with van der Waals surface area (Å²) in [6.07, 6.45) is 6.71. The van der Waals surface area contributed by atoms with E-state index < -0.39 is 0 Å². The Kier molecular flexibility index (Phi) is 8.59. The first-order valence-corrected chi connectivity index (χ1v) is 13.7. The Morgan fingerprint density at radius 1 is 0.917 bits per heavy atom. The van der Waals surface area contributed by atoms with E-state index in [1.807, 2.05) is 49.4 Å². The number of hydrogen-bond acceptors (Lipinski definition) is 5. The van der Waals surface area contributed by atoms with E-state index >= 15 is 0 Å². The highest BCUT2D eigenvalue weighted by atomic mass is 32.2. The van der Waals surface area contributed by atoms with Crippen molar-refractivity contribution in [2.75, 3.05) is 23.3 Å². The molecule has 0 aliphatic carbocycles. The number of thiocarbonyl (C=S) groups is 1. The number of nitrogens with one attached hydrogen (secondary N) is 1. The summed E-state index contributed by atoms with van der Waals surface area (Å²) in [5.41, 5.74) is 3.26. The van der Waals surface area contributed by atoms with Crippen molar-refractivity contribution in [1.29, 1.82) is 0 Å². The van der Waals surface area contributed by atoms with Crippen molar-refractivity contribution in [1.82, 2.24) is 4.90 Å². The molecule has 1 fully saturated rings. The van der Waals surface area contributed by atoms with E-state index in [9.17, 15) is 14.4 Å². The van der Waals surface area contributed by atoms with Crippen LogP contribution in [0.3, 0.4) is 0 Å². The Labute approximate surface area is 222 Å². The quantitative estimate of drug-likeness (QED) is 0.239. The first kappa shape index (κ1) is 26.1. The van der Waals surface area contributed by atoms with Crippen LogP contribution in [0.4, 0.5) is 11.4 Å². The number of nitrogens with zero attached hydrogens (tertiary/aromatic N) is 2. The number of amides is 3. The lowest BCUT2D eigenvalue weighted by atomic mass is 10.1. The number of anilines is 2. The van der Waals surface area contributed by atoms with Gasteiger partial charge in [0.1, 0.15) is 10.9 Å². The SMILES string of the molecule is CCCCCCCCN1C(=O)/C(=C2/C(=O)N(CC(=O)Nc3ccccc3C)c3ccccc32)SC1=S. The second-order valence-corrected chi connectivity index (χ2v) is 10.7. The maximum atomic E-state index is 13.6. The third-order valence-corrected chi connectivity index (χ3v) is 7.90. The van der Waals surface area contributed by atoms with Crippen LogP contribution in [0, 0.1) is 6.92 Å². The third kappa shape index (κ3) is 5.55. The van der Waals surface area contributed by atoms with Gasteiger partial charge >= 0.3 is 0 Å². The standard InChI is InChI=1S/C28H31N3O3S2/c1-3-4-5-6-7-12-17-30-27(34)25(36-28(30)35)24-20-14-9-11-16-22(20)31(26(24)33)18-23(32)29-21-15-10-8-13-19(21)2/h8-11,13-16H,3-7,12,17-18H2,1-2H3,(H,29,32)/b25-24-. The van der Waals surface area contributed by atoms with Crippen LogP contribution in [0.5, 0.6) is 0 Å². The summed E-state index contributed by atoms with van der Waals surface area (Å²) in [5.74, 6) is -0.872. The van der Waals surface area contributed by atoms with Gasteiger partial charge in [-0.15, -0.1) is 0 Å². The Morgan fingerprint density at radius 3 is 2.39 bits per heavy atom. The predicted octanol–water partition coefficient (Wildman–Crippen LogP) is 5.91. The van der Waals surface area contributed by atoms with Gasteiger partial charge < -0.3 is 5.32 Å². The third-order valence-electron chi connectivity index (χ3n) is 6.46. The van der Waals surface area contributed by atoms with Crippen LogP contribution in [-0.2, 0) is 14.4 Å². The van der Waals surface area contributed by atoms with E-state index in [1.165, 1.54) is 35.9 Å². The molecule has 1 N–H and O–H groups in total. The highest BCUT2D eigenvalue weighted by Gasteiger charge is 2.42. The zero-order valence-electron chi connectivity index (χ0n) is 20.7. The summed E-state index contributed by atoms with van der Waals surface area (Å²) in [4.78, 5) is 43.2. The van der Waals surface area contributed by atoms with Gasteiger partial charge in [0.05, 0.1) is 16.2 Å². The van der Waals surface area contributed by atoms with Crippen molar-refractivity contribution in [2.24, 2.45) is 0 Å². The summed E-state index contributed by atoms with van der Waals surface area (Å²) in [6, 6.07) is 14.8. The average Bonchev–Trinajstić information content (AvgIpc) is 3.29. The smallest absolute Gasteiger partial charge is 0.267 e. The predicted molar refractivity (Wildman–Crippen MR) is 151 cm³/mol. The maximum absolute atomic E-state index is 13.6. The number of aryl methyl sites for hydroxylation is 1. The zero-order chi connectivity index (χ0) is 25.7. The van der Waals surface area contributed by atoms with Crippen LogP contribution in [0.15, 0.2) is 53.4 Å². The molecule has 6 nitrogen and oxygen atoms in total. The van der Waals surface area contributed by atoms with E-state index in [1.54, 1.807) is 11.0 Å². The molecule has 2 aromatic carbocycles.